The summed E-state index contributed by atoms with van der Waals surface area (Å²) >= 11 is 0. The zero-order chi connectivity index (χ0) is 10.6. The van der Waals surface area contributed by atoms with Crippen LogP contribution in [0.5, 0.6) is 0 Å². The van der Waals surface area contributed by atoms with Gasteiger partial charge in [-0.15, -0.1) is 0 Å². The monoisotopic (exact) mass is 198 g/mol. The van der Waals surface area contributed by atoms with Crippen LogP contribution >= 0.6 is 0 Å². The minimum atomic E-state index is -0.572. The summed E-state index contributed by atoms with van der Waals surface area (Å²) in [6.07, 6.45) is 7.92. The highest BCUT2D eigenvalue weighted by molar-refractivity contribution is 5.74. The van der Waals surface area contributed by atoms with Crippen molar-refractivity contribution in [2.24, 2.45) is 11.3 Å². The number of carbonyl (C=O) groups is 1. The molecule has 0 aliphatic heterocycles. The summed E-state index contributed by atoms with van der Waals surface area (Å²) in [5.74, 6) is -0.599. The lowest BCUT2D eigenvalue weighted by molar-refractivity contribution is -0.139. The highest BCUT2D eigenvalue weighted by Crippen LogP contribution is 2.59. The van der Waals surface area contributed by atoms with Crippen molar-refractivity contribution < 1.29 is 9.90 Å². The molecule has 0 amide bonds. The van der Waals surface area contributed by atoms with E-state index in [-0.39, 0.29) is 11.3 Å². The number of rotatable bonds is 7. The Labute approximate surface area is 86.7 Å². The molecule has 0 heterocycles. The van der Waals surface area contributed by atoms with Crippen LogP contribution in [0.1, 0.15) is 58.8 Å². The fourth-order valence-corrected chi connectivity index (χ4v) is 2.43. The lowest BCUT2D eigenvalue weighted by Crippen LogP contribution is -2.10. The van der Waals surface area contributed by atoms with Gasteiger partial charge in [-0.1, -0.05) is 39.5 Å². The summed E-state index contributed by atoms with van der Waals surface area (Å²) in [6, 6.07) is 0. The summed E-state index contributed by atoms with van der Waals surface area (Å²) in [5.41, 5.74) is 0.192. The van der Waals surface area contributed by atoms with E-state index in [9.17, 15) is 4.79 Å². The van der Waals surface area contributed by atoms with Gasteiger partial charge < -0.3 is 5.11 Å². The quantitative estimate of drug-likeness (QED) is 0.680. The van der Waals surface area contributed by atoms with Crippen LogP contribution in [0, 0.1) is 11.3 Å². The number of carboxylic acids is 1. The minimum absolute atomic E-state index is 0.0272. The molecule has 1 atom stereocenters. The van der Waals surface area contributed by atoms with Crippen LogP contribution < -0.4 is 0 Å². The average molecular weight is 198 g/mol. The van der Waals surface area contributed by atoms with Gasteiger partial charge in [0.05, 0.1) is 5.92 Å². The van der Waals surface area contributed by atoms with Gasteiger partial charge in [-0.3, -0.25) is 4.79 Å². The van der Waals surface area contributed by atoms with Crippen molar-refractivity contribution in [1.29, 1.82) is 0 Å². The summed E-state index contributed by atoms with van der Waals surface area (Å²) < 4.78 is 0. The molecule has 1 fully saturated rings. The van der Waals surface area contributed by atoms with Crippen LogP contribution in [0.3, 0.4) is 0 Å². The zero-order valence-corrected chi connectivity index (χ0v) is 9.38. The molecule has 0 spiro atoms. The van der Waals surface area contributed by atoms with Gasteiger partial charge in [0.25, 0.3) is 0 Å². The Kier molecular flexibility index (Phi) is 3.97. The van der Waals surface area contributed by atoms with Gasteiger partial charge in [0.1, 0.15) is 0 Å². The van der Waals surface area contributed by atoms with Crippen molar-refractivity contribution in [1.82, 2.24) is 0 Å². The Balaban J connectivity index is 2.42. The van der Waals surface area contributed by atoms with E-state index < -0.39 is 5.97 Å². The third kappa shape index (κ3) is 2.49. The molecule has 0 aromatic heterocycles. The molecule has 82 valence electrons. The topological polar surface area (TPSA) is 37.3 Å². The highest BCUT2D eigenvalue weighted by Gasteiger charge is 2.56. The first-order valence-electron chi connectivity index (χ1n) is 5.89. The second kappa shape index (κ2) is 4.81. The first-order valence-corrected chi connectivity index (χ1v) is 5.89. The molecule has 1 N–H and O–H groups in total. The Bertz CT molecular complexity index is 190. The summed E-state index contributed by atoms with van der Waals surface area (Å²) in [5, 5.41) is 8.99. The first kappa shape index (κ1) is 11.5. The summed E-state index contributed by atoms with van der Waals surface area (Å²) in [7, 11) is 0. The molecule has 1 rings (SSSR count). The maximum Gasteiger partial charge on any atom is 0.307 e. The largest absolute Gasteiger partial charge is 0.481 e. The van der Waals surface area contributed by atoms with Crippen LogP contribution in [0.25, 0.3) is 0 Å². The molecule has 0 aromatic carbocycles. The number of hydrogen-bond donors (Lipinski definition) is 1. The predicted octanol–water partition coefficient (Wildman–Crippen LogP) is 3.46. The lowest BCUT2D eigenvalue weighted by Gasteiger charge is -2.15. The molecular formula is C12H22O2. The molecule has 0 aromatic rings. The fraction of sp³-hybridized carbons (Fsp3) is 0.917. The van der Waals surface area contributed by atoms with Crippen molar-refractivity contribution in [2.75, 3.05) is 0 Å². The van der Waals surface area contributed by atoms with Crippen molar-refractivity contribution in [3.63, 3.8) is 0 Å². The van der Waals surface area contributed by atoms with Gasteiger partial charge in [-0.25, -0.2) is 0 Å². The van der Waals surface area contributed by atoms with Crippen molar-refractivity contribution in [3.8, 4) is 0 Å². The van der Waals surface area contributed by atoms with E-state index in [1.54, 1.807) is 0 Å². The number of hydrogen-bond acceptors (Lipinski definition) is 1. The van der Waals surface area contributed by atoms with Gasteiger partial charge in [-0.2, -0.15) is 0 Å². The Morgan fingerprint density at radius 2 is 1.79 bits per heavy atom. The molecule has 0 radical (unpaired) electrons. The van der Waals surface area contributed by atoms with Crippen LogP contribution in [0.2, 0.25) is 0 Å². The second-order valence-electron chi connectivity index (χ2n) is 4.66. The Morgan fingerprint density at radius 1 is 1.29 bits per heavy atom. The van der Waals surface area contributed by atoms with E-state index >= 15 is 0 Å². The minimum Gasteiger partial charge on any atom is -0.481 e. The standard InChI is InChI=1S/C12H22O2/c1-3-5-7-12(8-6-4-2)9-10(12)11(13)14/h10H,3-9H2,1-2H3,(H,13,14). The third-order valence-corrected chi connectivity index (χ3v) is 3.54. The smallest absolute Gasteiger partial charge is 0.307 e. The highest BCUT2D eigenvalue weighted by atomic mass is 16.4. The van der Waals surface area contributed by atoms with Crippen LogP contribution in [0.4, 0.5) is 0 Å². The number of aliphatic carboxylic acids is 1. The number of carboxylic acid groups (broad SMARTS) is 1. The Hall–Kier alpha value is -0.530. The average Bonchev–Trinajstić information content (AvgIpc) is 2.88. The summed E-state index contributed by atoms with van der Waals surface area (Å²) in [6.45, 7) is 4.34. The molecule has 1 aliphatic rings. The molecule has 1 aliphatic carbocycles. The predicted molar refractivity (Wildman–Crippen MR) is 57.2 cm³/mol. The first-order chi connectivity index (χ1) is 6.66. The van der Waals surface area contributed by atoms with E-state index in [1.165, 1.54) is 25.7 Å². The van der Waals surface area contributed by atoms with Crippen LogP contribution in [0.15, 0.2) is 0 Å². The van der Waals surface area contributed by atoms with Gasteiger partial charge in [0.2, 0.25) is 0 Å². The zero-order valence-electron chi connectivity index (χ0n) is 9.38. The SMILES string of the molecule is CCCCC1(CCCC)CC1C(=O)O. The van der Waals surface area contributed by atoms with E-state index in [1.807, 2.05) is 0 Å². The van der Waals surface area contributed by atoms with Crippen molar-refractivity contribution in [2.45, 2.75) is 58.8 Å². The molecule has 14 heavy (non-hydrogen) atoms. The molecular weight excluding hydrogens is 176 g/mol. The third-order valence-electron chi connectivity index (χ3n) is 3.54. The van der Waals surface area contributed by atoms with E-state index in [2.05, 4.69) is 13.8 Å². The summed E-state index contributed by atoms with van der Waals surface area (Å²) in [4.78, 5) is 10.9. The maximum atomic E-state index is 10.9. The Morgan fingerprint density at radius 3 is 2.07 bits per heavy atom. The second-order valence-corrected chi connectivity index (χ2v) is 4.66. The normalized spacial score (nSPS) is 23.4. The fourth-order valence-electron chi connectivity index (χ4n) is 2.43. The molecule has 2 heteroatoms. The van der Waals surface area contributed by atoms with Crippen LogP contribution in [-0.4, -0.2) is 11.1 Å². The van der Waals surface area contributed by atoms with Crippen molar-refractivity contribution in [3.05, 3.63) is 0 Å². The molecule has 1 unspecified atom stereocenters. The van der Waals surface area contributed by atoms with E-state index in [0.717, 1.165) is 19.3 Å². The van der Waals surface area contributed by atoms with E-state index in [4.69, 9.17) is 5.11 Å². The molecule has 0 bridgehead atoms. The molecule has 1 saturated carbocycles. The van der Waals surface area contributed by atoms with Gasteiger partial charge in [-0.05, 0) is 24.7 Å². The van der Waals surface area contributed by atoms with Crippen molar-refractivity contribution >= 4 is 5.97 Å². The van der Waals surface area contributed by atoms with E-state index in [0.29, 0.717) is 0 Å². The lowest BCUT2D eigenvalue weighted by atomic mass is 9.90. The molecule has 0 saturated heterocycles. The van der Waals surface area contributed by atoms with Gasteiger partial charge in [0, 0.05) is 0 Å². The maximum absolute atomic E-state index is 10.9. The number of unbranched alkanes of at least 4 members (excludes halogenated alkanes) is 2. The van der Waals surface area contributed by atoms with Crippen LogP contribution in [-0.2, 0) is 4.79 Å². The van der Waals surface area contributed by atoms with Gasteiger partial charge in [0.15, 0.2) is 0 Å². The van der Waals surface area contributed by atoms with Gasteiger partial charge >= 0.3 is 5.97 Å². The molecule has 2 nitrogen and oxygen atoms in total.